The van der Waals surface area contributed by atoms with Gasteiger partial charge in [-0.15, -0.1) is 0 Å². The van der Waals surface area contributed by atoms with Gasteiger partial charge in [0.15, 0.2) is 5.60 Å². The van der Waals surface area contributed by atoms with Crippen molar-refractivity contribution in [2.24, 2.45) is 5.92 Å². The van der Waals surface area contributed by atoms with Crippen molar-refractivity contribution in [3.05, 3.63) is 77.4 Å². The van der Waals surface area contributed by atoms with E-state index in [0.29, 0.717) is 0 Å². The molecular weight excluding hydrogens is 306 g/mol. The molecule has 2 heteroatoms. The summed E-state index contributed by atoms with van der Waals surface area (Å²) in [5.41, 5.74) is 1.65. The van der Waals surface area contributed by atoms with Gasteiger partial charge in [0.1, 0.15) is 0 Å². The summed E-state index contributed by atoms with van der Waals surface area (Å²) in [6, 6.07) is 19.8. The summed E-state index contributed by atoms with van der Waals surface area (Å²) in [7, 11) is 4.02. The predicted octanol–water partition coefficient (Wildman–Crippen LogP) is 4.07. The lowest BCUT2D eigenvalue weighted by atomic mass is 9.81. The van der Waals surface area contributed by atoms with Crippen molar-refractivity contribution in [3.8, 4) is 11.8 Å². The molecule has 2 nitrogen and oxygen atoms in total. The maximum Gasteiger partial charge on any atom is 0.151 e. The Morgan fingerprint density at radius 3 is 2.20 bits per heavy atom. The van der Waals surface area contributed by atoms with E-state index in [2.05, 4.69) is 16.7 Å². The van der Waals surface area contributed by atoms with Gasteiger partial charge >= 0.3 is 0 Å². The molecule has 0 aliphatic heterocycles. The van der Waals surface area contributed by atoms with Crippen LogP contribution in [0.25, 0.3) is 6.08 Å². The molecule has 0 saturated carbocycles. The molecule has 25 heavy (non-hydrogen) atoms. The summed E-state index contributed by atoms with van der Waals surface area (Å²) in [6.45, 7) is 4.75. The molecular formula is C23H27NO. The molecule has 2 rings (SSSR count). The van der Waals surface area contributed by atoms with Crippen LogP contribution >= 0.6 is 0 Å². The molecule has 0 saturated heterocycles. The van der Waals surface area contributed by atoms with Gasteiger partial charge in [-0.2, -0.15) is 0 Å². The lowest BCUT2D eigenvalue weighted by Gasteiger charge is -2.32. The van der Waals surface area contributed by atoms with Crippen molar-refractivity contribution in [1.82, 2.24) is 4.90 Å². The number of nitrogens with zero attached hydrogens (tertiary/aromatic N) is 1. The van der Waals surface area contributed by atoms with Crippen LogP contribution in [0.15, 0.2) is 66.2 Å². The quantitative estimate of drug-likeness (QED) is 0.834. The minimum Gasteiger partial charge on any atom is -0.373 e. The van der Waals surface area contributed by atoms with Crippen molar-refractivity contribution in [2.45, 2.75) is 19.4 Å². The lowest BCUT2D eigenvalue weighted by Crippen LogP contribution is -2.41. The second-order valence-corrected chi connectivity index (χ2v) is 6.78. The largest absolute Gasteiger partial charge is 0.373 e. The van der Waals surface area contributed by atoms with Crippen LogP contribution in [-0.4, -0.2) is 36.2 Å². The molecule has 0 aliphatic rings. The van der Waals surface area contributed by atoms with Gasteiger partial charge < -0.3 is 10.0 Å². The van der Waals surface area contributed by atoms with Gasteiger partial charge in [-0.3, -0.25) is 0 Å². The summed E-state index contributed by atoms with van der Waals surface area (Å²) < 4.78 is 0. The molecule has 0 aromatic heterocycles. The Bertz CT molecular complexity index is 753. The first-order valence-electron chi connectivity index (χ1n) is 8.61. The van der Waals surface area contributed by atoms with E-state index in [1.807, 2.05) is 94.7 Å². The summed E-state index contributed by atoms with van der Waals surface area (Å²) >= 11 is 0. The van der Waals surface area contributed by atoms with Gasteiger partial charge in [0.2, 0.25) is 0 Å². The van der Waals surface area contributed by atoms with E-state index in [4.69, 9.17) is 0 Å². The first-order chi connectivity index (χ1) is 11.9. The van der Waals surface area contributed by atoms with Gasteiger partial charge in [0, 0.05) is 18.0 Å². The fourth-order valence-electron chi connectivity index (χ4n) is 2.89. The minimum absolute atomic E-state index is 0.0290. The molecule has 2 unspecified atom stereocenters. The Balaban J connectivity index is 2.41. The SMILES string of the molecule is C/C(=C/c1ccccc1)C(O)(C#Cc1ccccc1)C(C)CN(C)C. The molecule has 0 aliphatic carbocycles. The van der Waals surface area contributed by atoms with E-state index in [1.54, 1.807) is 0 Å². The number of hydrogen-bond donors (Lipinski definition) is 1. The van der Waals surface area contributed by atoms with E-state index in [9.17, 15) is 5.11 Å². The van der Waals surface area contributed by atoms with Crippen molar-refractivity contribution in [2.75, 3.05) is 20.6 Å². The third kappa shape index (κ3) is 5.32. The fourth-order valence-corrected chi connectivity index (χ4v) is 2.89. The number of aliphatic hydroxyl groups is 1. The second-order valence-electron chi connectivity index (χ2n) is 6.78. The number of rotatable bonds is 5. The number of benzene rings is 2. The molecule has 2 aromatic carbocycles. The lowest BCUT2D eigenvalue weighted by molar-refractivity contribution is 0.0683. The van der Waals surface area contributed by atoms with E-state index >= 15 is 0 Å². The molecule has 0 fully saturated rings. The Labute approximate surface area is 151 Å². The Morgan fingerprint density at radius 1 is 1.08 bits per heavy atom. The van der Waals surface area contributed by atoms with Crippen LogP contribution in [0.2, 0.25) is 0 Å². The summed E-state index contributed by atoms with van der Waals surface area (Å²) in [5.74, 6) is 6.27. The predicted molar refractivity (Wildman–Crippen MR) is 106 cm³/mol. The third-order valence-corrected chi connectivity index (χ3v) is 4.31. The zero-order valence-electron chi connectivity index (χ0n) is 15.5. The molecule has 0 spiro atoms. The zero-order valence-corrected chi connectivity index (χ0v) is 15.5. The van der Waals surface area contributed by atoms with E-state index in [-0.39, 0.29) is 5.92 Å². The van der Waals surface area contributed by atoms with Crippen LogP contribution in [0.1, 0.15) is 25.0 Å². The summed E-state index contributed by atoms with van der Waals surface area (Å²) in [6.07, 6.45) is 2.02. The molecule has 2 aromatic rings. The average Bonchev–Trinajstić information content (AvgIpc) is 2.60. The molecule has 0 amide bonds. The molecule has 130 valence electrons. The fraction of sp³-hybridized carbons (Fsp3) is 0.304. The molecule has 2 atom stereocenters. The van der Waals surface area contributed by atoms with Gasteiger partial charge in [-0.05, 0) is 44.3 Å². The topological polar surface area (TPSA) is 23.5 Å². The zero-order chi connectivity index (χ0) is 18.3. The van der Waals surface area contributed by atoms with Crippen molar-refractivity contribution < 1.29 is 5.11 Å². The summed E-state index contributed by atoms with van der Waals surface area (Å²) in [5, 5.41) is 11.5. The Morgan fingerprint density at radius 2 is 1.64 bits per heavy atom. The highest BCUT2D eigenvalue weighted by Gasteiger charge is 2.34. The van der Waals surface area contributed by atoms with Crippen LogP contribution in [0.4, 0.5) is 0 Å². The molecule has 0 radical (unpaired) electrons. The monoisotopic (exact) mass is 333 g/mol. The maximum absolute atomic E-state index is 11.5. The van der Waals surface area contributed by atoms with Gasteiger partial charge in [0.05, 0.1) is 0 Å². The van der Waals surface area contributed by atoms with E-state index < -0.39 is 5.60 Å². The first-order valence-corrected chi connectivity index (χ1v) is 8.61. The highest BCUT2D eigenvalue weighted by molar-refractivity contribution is 5.57. The smallest absolute Gasteiger partial charge is 0.151 e. The molecule has 0 heterocycles. The normalized spacial score (nSPS) is 15.2. The highest BCUT2D eigenvalue weighted by atomic mass is 16.3. The van der Waals surface area contributed by atoms with Crippen LogP contribution in [0.5, 0.6) is 0 Å². The average molecular weight is 333 g/mol. The van der Waals surface area contributed by atoms with Crippen LogP contribution in [0, 0.1) is 17.8 Å². The van der Waals surface area contributed by atoms with Crippen molar-refractivity contribution >= 4 is 6.08 Å². The van der Waals surface area contributed by atoms with Gasteiger partial charge in [0.25, 0.3) is 0 Å². The number of hydrogen-bond acceptors (Lipinski definition) is 2. The van der Waals surface area contributed by atoms with E-state index in [1.165, 1.54) is 0 Å². The van der Waals surface area contributed by atoms with Gasteiger partial charge in [-0.25, -0.2) is 0 Å². The molecule has 0 bridgehead atoms. The van der Waals surface area contributed by atoms with Crippen LogP contribution in [0.3, 0.4) is 0 Å². The van der Waals surface area contributed by atoms with Crippen molar-refractivity contribution in [1.29, 1.82) is 0 Å². The Hall–Kier alpha value is -2.34. The first kappa shape index (κ1) is 19.0. The standard InChI is InChI=1S/C23H27NO/c1-19(17-22-13-9-6-10-14-22)23(25,20(2)18-24(3)4)16-15-21-11-7-5-8-12-21/h5-14,17,20,25H,18H2,1-4H3/b19-17-. The highest BCUT2D eigenvalue weighted by Crippen LogP contribution is 2.28. The third-order valence-electron chi connectivity index (χ3n) is 4.31. The van der Waals surface area contributed by atoms with Crippen molar-refractivity contribution in [3.63, 3.8) is 0 Å². The molecule has 1 N–H and O–H groups in total. The van der Waals surface area contributed by atoms with E-state index in [0.717, 1.165) is 23.2 Å². The maximum atomic E-state index is 11.5. The Kier molecular flexibility index (Phi) is 6.58. The van der Waals surface area contributed by atoms with Crippen LogP contribution < -0.4 is 0 Å². The summed E-state index contributed by atoms with van der Waals surface area (Å²) in [4.78, 5) is 2.08. The van der Waals surface area contributed by atoms with Crippen LogP contribution in [-0.2, 0) is 0 Å². The second kappa shape index (κ2) is 8.67. The van der Waals surface area contributed by atoms with Gasteiger partial charge in [-0.1, -0.05) is 73.4 Å². The minimum atomic E-state index is -1.18.